The molecule has 6 rings (SSSR count). The Morgan fingerprint density at radius 2 is 1.33 bits per heavy atom. The Bertz CT molecular complexity index is 1650. The van der Waals surface area contributed by atoms with Crippen LogP contribution in [0.3, 0.4) is 0 Å². The van der Waals surface area contributed by atoms with Crippen LogP contribution in [-0.2, 0) is 28.5 Å². The van der Waals surface area contributed by atoms with Crippen molar-refractivity contribution in [2.45, 2.75) is 110 Å². The van der Waals surface area contributed by atoms with E-state index in [4.69, 9.17) is 18.9 Å². The number of allylic oxidation sites excluding steroid dienone is 2. The first-order chi connectivity index (χ1) is 23.4. The van der Waals surface area contributed by atoms with Crippen LogP contribution in [0.5, 0.6) is 0 Å². The monoisotopic (exact) mass is 673 g/mol. The van der Waals surface area contributed by atoms with Crippen LogP contribution in [0, 0.1) is 33.1 Å². The molecular formula is C40H51NO8. The highest BCUT2D eigenvalue weighted by molar-refractivity contribution is 6.25. The normalized spacial score (nSPS) is 26.6. The summed E-state index contributed by atoms with van der Waals surface area (Å²) in [6.07, 6.45) is 6.44. The molecule has 2 saturated carbocycles. The van der Waals surface area contributed by atoms with Crippen LogP contribution < -0.4 is 5.32 Å². The lowest BCUT2D eigenvalue weighted by molar-refractivity contribution is -0.117. The van der Waals surface area contributed by atoms with Crippen molar-refractivity contribution in [1.82, 2.24) is 5.32 Å². The number of nitrogens with one attached hydrogen (secondary N) is 1. The van der Waals surface area contributed by atoms with Crippen LogP contribution >= 0.6 is 0 Å². The number of amides is 1. The smallest absolute Gasteiger partial charge is 0.511 e. The maximum Gasteiger partial charge on any atom is 0.513 e. The van der Waals surface area contributed by atoms with Crippen LogP contribution in [0.1, 0.15) is 98.1 Å². The minimum atomic E-state index is -0.778. The van der Waals surface area contributed by atoms with Crippen LogP contribution in [0.2, 0.25) is 0 Å². The summed E-state index contributed by atoms with van der Waals surface area (Å²) in [5.74, 6) is 0.580. The quantitative estimate of drug-likeness (QED) is 0.299. The zero-order chi connectivity index (χ0) is 35.5. The summed E-state index contributed by atoms with van der Waals surface area (Å²) >= 11 is 0. The highest BCUT2D eigenvalue weighted by Gasteiger charge is 2.51. The summed E-state index contributed by atoms with van der Waals surface area (Å²) in [4.78, 5) is 37.7. The number of carbonyl (C=O) groups excluding carboxylic acids is 3. The van der Waals surface area contributed by atoms with E-state index in [0.717, 1.165) is 71.9 Å². The van der Waals surface area contributed by atoms with E-state index < -0.39 is 11.7 Å². The average molecular weight is 674 g/mol. The Balaban J connectivity index is 0.000000195. The molecule has 2 N–H and O–H groups in total. The molecule has 1 aliphatic heterocycles. The number of rotatable bonds is 6. The highest BCUT2D eigenvalue weighted by atomic mass is 16.7. The molecule has 49 heavy (non-hydrogen) atoms. The van der Waals surface area contributed by atoms with Crippen LogP contribution in [0.15, 0.2) is 47.9 Å². The third-order valence-corrected chi connectivity index (χ3v) is 10.9. The number of aliphatic hydroxyl groups is 1. The third kappa shape index (κ3) is 7.33. The number of ether oxygens (including phenoxy) is 4. The fourth-order valence-corrected chi connectivity index (χ4v) is 7.93. The molecule has 2 fully saturated rings. The van der Waals surface area contributed by atoms with Crippen molar-refractivity contribution in [1.29, 1.82) is 0 Å². The molecule has 9 nitrogen and oxygen atoms in total. The molecule has 0 bridgehead atoms. The van der Waals surface area contributed by atoms with E-state index in [9.17, 15) is 19.5 Å². The van der Waals surface area contributed by atoms with Gasteiger partial charge in [0.2, 0.25) is 0 Å². The summed E-state index contributed by atoms with van der Waals surface area (Å²) < 4.78 is 21.5. The molecule has 1 amide bonds. The highest BCUT2D eigenvalue weighted by Crippen LogP contribution is 2.53. The van der Waals surface area contributed by atoms with Crippen molar-refractivity contribution in [2.75, 3.05) is 20.8 Å². The van der Waals surface area contributed by atoms with E-state index in [1.807, 2.05) is 64.1 Å². The van der Waals surface area contributed by atoms with E-state index in [1.165, 1.54) is 0 Å². The van der Waals surface area contributed by atoms with Crippen molar-refractivity contribution in [3.05, 3.63) is 81.3 Å². The second-order valence-corrected chi connectivity index (χ2v) is 14.1. The molecule has 2 aromatic carbocycles. The second kappa shape index (κ2) is 14.9. The van der Waals surface area contributed by atoms with Gasteiger partial charge in [-0.15, -0.1) is 0 Å². The Hall–Kier alpha value is -3.95. The molecule has 1 heterocycles. The maximum absolute atomic E-state index is 13.0. The number of hydrogen-bond acceptors (Lipinski definition) is 8. The topological polar surface area (TPSA) is 120 Å². The first-order valence-corrected chi connectivity index (χ1v) is 17.5. The molecule has 2 aromatic rings. The average Bonchev–Trinajstić information content (AvgIpc) is 3.47. The molecule has 264 valence electrons. The Morgan fingerprint density at radius 3 is 1.84 bits per heavy atom. The predicted octanol–water partition coefficient (Wildman–Crippen LogP) is 7.77. The van der Waals surface area contributed by atoms with Gasteiger partial charge in [-0.3, -0.25) is 9.59 Å². The summed E-state index contributed by atoms with van der Waals surface area (Å²) in [6.45, 7) is 9.87. The van der Waals surface area contributed by atoms with Gasteiger partial charge < -0.3 is 29.4 Å². The number of Topliss-reactive ketones (excluding diaryl/α,β-unsaturated/α-hetero) is 1. The number of aryl methyl sites for hydroxylation is 4. The number of methoxy groups -OCH3 is 2. The first kappa shape index (κ1) is 36.3. The van der Waals surface area contributed by atoms with E-state index in [0.29, 0.717) is 41.9 Å². The van der Waals surface area contributed by atoms with Crippen molar-refractivity contribution >= 4 is 29.0 Å². The number of aliphatic hydroxyl groups excluding tert-OH is 1. The Kier molecular flexibility index (Phi) is 11.0. The minimum absolute atomic E-state index is 0.0852. The van der Waals surface area contributed by atoms with Crippen molar-refractivity contribution < 1.29 is 38.4 Å². The summed E-state index contributed by atoms with van der Waals surface area (Å²) in [7, 11) is 3.43. The first-order valence-electron chi connectivity index (χ1n) is 17.5. The number of ketones is 1. The van der Waals surface area contributed by atoms with Crippen molar-refractivity contribution in [3.8, 4) is 0 Å². The third-order valence-electron chi connectivity index (χ3n) is 10.9. The zero-order valence-corrected chi connectivity index (χ0v) is 30.0. The number of hydrogen-bond donors (Lipinski definition) is 2. The van der Waals surface area contributed by atoms with Gasteiger partial charge in [0, 0.05) is 26.1 Å². The van der Waals surface area contributed by atoms with E-state index >= 15 is 0 Å². The molecule has 2 spiro atoms. The van der Waals surface area contributed by atoms with Crippen LogP contribution in [0.4, 0.5) is 4.79 Å². The van der Waals surface area contributed by atoms with Gasteiger partial charge in [-0.2, -0.15) is 0 Å². The van der Waals surface area contributed by atoms with Crippen molar-refractivity contribution in [2.24, 2.45) is 5.41 Å². The summed E-state index contributed by atoms with van der Waals surface area (Å²) in [5, 5.41) is 14.0. The standard InChI is InChI=1S/C21H27NO5.C19H24O3/c1-5-26-20(24)27-18-17(16-12-13(2)6-7-14(16)3)19(23)22-21(18)10-8-15(25-4)9-11-21;1-12-4-5-13(2)15(10-12)17-16(20)11-19(18(17)21)8-6-14(22-3)7-9-19/h6-7,12,15H,5,8-11H2,1-4H3,(H,22,23);4-5,10,14,21H,6-9,11H2,1-3H3. The van der Waals surface area contributed by atoms with E-state index in [1.54, 1.807) is 21.1 Å². The van der Waals surface area contributed by atoms with Gasteiger partial charge in [-0.1, -0.05) is 47.5 Å². The fraction of sp³-hybridized carbons (Fsp3) is 0.525. The SMILES string of the molecule is CCOC(=O)OC1=C(c2cc(C)ccc2C)C(=O)NC12CCC(OC)CC2.COC1CCC2(CC1)CC(=O)C(c1cc(C)ccc1C)=C2O. The predicted molar refractivity (Wildman–Crippen MR) is 188 cm³/mol. The molecule has 0 saturated heterocycles. The van der Waals surface area contributed by atoms with Gasteiger partial charge in [-0.25, -0.2) is 4.79 Å². The van der Waals surface area contributed by atoms with Gasteiger partial charge in [0.1, 0.15) is 11.5 Å². The molecule has 4 aliphatic rings. The molecule has 0 aromatic heterocycles. The molecule has 3 aliphatic carbocycles. The van der Waals surface area contributed by atoms with E-state index in [-0.39, 0.29) is 35.9 Å². The van der Waals surface area contributed by atoms with Crippen LogP contribution in [-0.4, -0.2) is 61.5 Å². The second-order valence-electron chi connectivity index (χ2n) is 14.1. The number of carbonyl (C=O) groups is 3. The summed E-state index contributed by atoms with van der Waals surface area (Å²) in [6, 6.07) is 12.0. The minimum Gasteiger partial charge on any atom is -0.511 e. The molecule has 0 atom stereocenters. The van der Waals surface area contributed by atoms with E-state index in [2.05, 4.69) is 5.32 Å². The molecule has 9 heteroatoms. The van der Waals surface area contributed by atoms with Gasteiger partial charge in [0.05, 0.1) is 35.5 Å². The number of benzene rings is 2. The lowest BCUT2D eigenvalue weighted by atomic mass is 9.71. The molecular weight excluding hydrogens is 622 g/mol. The fourth-order valence-electron chi connectivity index (χ4n) is 7.93. The Labute approximate surface area is 290 Å². The largest absolute Gasteiger partial charge is 0.513 e. The zero-order valence-electron chi connectivity index (χ0n) is 30.0. The lowest BCUT2D eigenvalue weighted by Gasteiger charge is -2.37. The van der Waals surface area contributed by atoms with Crippen molar-refractivity contribution in [3.63, 3.8) is 0 Å². The molecule has 0 unspecified atom stereocenters. The summed E-state index contributed by atoms with van der Waals surface area (Å²) in [5.41, 5.74) is 5.78. The van der Waals surface area contributed by atoms with Gasteiger partial charge in [0.25, 0.3) is 5.91 Å². The van der Waals surface area contributed by atoms with Crippen LogP contribution in [0.25, 0.3) is 11.1 Å². The van der Waals surface area contributed by atoms with Gasteiger partial charge in [0.15, 0.2) is 5.78 Å². The van der Waals surface area contributed by atoms with Gasteiger partial charge >= 0.3 is 6.16 Å². The Morgan fingerprint density at radius 1 is 0.816 bits per heavy atom. The molecule has 0 radical (unpaired) electrons. The maximum atomic E-state index is 13.0. The lowest BCUT2D eigenvalue weighted by Crippen LogP contribution is -2.49. The van der Waals surface area contributed by atoms with Gasteiger partial charge in [-0.05, 0) is 108 Å².